The van der Waals surface area contributed by atoms with E-state index in [1.165, 1.54) is 0 Å². The van der Waals surface area contributed by atoms with Crippen molar-refractivity contribution in [3.8, 4) is 11.8 Å². The van der Waals surface area contributed by atoms with Crippen LogP contribution in [0.2, 0.25) is 0 Å². The summed E-state index contributed by atoms with van der Waals surface area (Å²) in [5, 5.41) is 0. The van der Waals surface area contributed by atoms with Gasteiger partial charge in [-0.05, 0) is 12.5 Å². The van der Waals surface area contributed by atoms with Gasteiger partial charge in [0.1, 0.15) is 0 Å². The number of unbranched alkanes of at least 4 members (excludes halogenated alkanes) is 1. The van der Waals surface area contributed by atoms with Crippen molar-refractivity contribution in [2.24, 2.45) is 0 Å². The minimum Gasteiger partial charge on any atom is -0.410 e. The molecule has 0 atom stereocenters. The molecule has 0 aliphatic carbocycles. The van der Waals surface area contributed by atoms with Crippen molar-refractivity contribution < 1.29 is 9.31 Å². The molecule has 0 unspecified atom stereocenters. The molecule has 0 fully saturated rings. The number of thiophene rings is 1. The van der Waals surface area contributed by atoms with Crippen molar-refractivity contribution in [3.63, 3.8) is 0 Å². The first-order valence-corrected chi connectivity index (χ1v) is 5.77. The summed E-state index contributed by atoms with van der Waals surface area (Å²) in [6, 6.07) is 4.01. The predicted molar refractivity (Wildman–Crippen MR) is 65.5 cm³/mol. The zero-order chi connectivity index (χ0) is 11.1. The molecule has 0 bridgehead atoms. The second-order valence-corrected chi connectivity index (χ2v) is 4.17. The average Bonchev–Trinajstić information content (AvgIpc) is 2.69. The Morgan fingerprint density at radius 3 is 2.67 bits per heavy atom. The number of hydrogen-bond acceptors (Lipinski definition) is 3. The summed E-state index contributed by atoms with van der Waals surface area (Å²) in [6.07, 6.45) is 2.05. The van der Waals surface area contributed by atoms with Gasteiger partial charge in [-0.1, -0.05) is 24.8 Å². The van der Waals surface area contributed by atoms with Gasteiger partial charge in [0.05, 0.1) is 4.88 Å². The average molecular weight is 222 g/mol. The summed E-state index contributed by atoms with van der Waals surface area (Å²) >= 11 is 1.62. The highest BCUT2D eigenvalue weighted by Crippen LogP contribution is 2.07. The Morgan fingerprint density at radius 2 is 2.07 bits per heavy atom. The highest BCUT2D eigenvalue weighted by molar-refractivity contribution is 7.22. The SMILES string of the molecule is CCCC#Cc1ccc(B(OC)OC)s1. The summed E-state index contributed by atoms with van der Waals surface area (Å²) in [5.74, 6) is 6.24. The molecule has 80 valence electrons. The van der Waals surface area contributed by atoms with E-state index in [1.807, 2.05) is 12.1 Å². The maximum Gasteiger partial charge on any atom is 0.504 e. The summed E-state index contributed by atoms with van der Waals surface area (Å²) < 4.78 is 11.4. The molecule has 0 aromatic carbocycles. The van der Waals surface area contributed by atoms with E-state index in [9.17, 15) is 0 Å². The van der Waals surface area contributed by atoms with Crippen LogP contribution in [-0.2, 0) is 9.31 Å². The fourth-order valence-electron chi connectivity index (χ4n) is 1.15. The largest absolute Gasteiger partial charge is 0.504 e. The normalized spacial score (nSPS) is 9.53. The molecule has 1 aromatic heterocycles. The second-order valence-electron chi connectivity index (χ2n) is 3.06. The molecule has 15 heavy (non-hydrogen) atoms. The van der Waals surface area contributed by atoms with Crippen molar-refractivity contribution >= 4 is 23.2 Å². The molecule has 4 heteroatoms. The molecule has 0 amide bonds. The van der Waals surface area contributed by atoms with Crippen LogP contribution in [-0.4, -0.2) is 21.3 Å². The van der Waals surface area contributed by atoms with Crippen LogP contribution in [0.5, 0.6) is 0 Å². The van der Waals surface area contributed by atoms with Crippen molar-refractivity contribution in [3.05, 3.63) is 17.0 Å². The van der Waals surface area contributed by atoms with Crippen LogP contribution in [0.25, 0.3) is 0 Å². The zero-order valence-corrected chi connectivity index (χ0v) is 10.2. The van der Waals surface area contributed by atoms with Crippen LogP contribution < -0.4 is 4.78 Å². The van der Waals surface area contributed by atoms with E-state index < -0.39 is 0 Å². The van der Waals surface area contributed by atoms with Gasteiger partial charge in [-0.3, -0.25) is 0 Å². The van der Waals surface area contributed by atoms with Crippen molar-refractivity contribution in [1.29, 1.82) is 0 Å². The highest BCUT2D eigenvalue weighted by Gasteiger charge is 2.19. The first-order valence-electron chi connectivity index (χ1n) is 4.96. The highest BCUT2D eigenvalue weighted by atomic mass is 32.1. The molecule has 0 saturated carbocycles. The van der Waals surface area contributed by atoms with Crippen molar-refractivity contribution in [2.75, 3.05) is 14.2 Å². The number of rotatable bonds is 4. The van der Waals surface area contributed by atoms with Crippen LogP contribution >= 0.6 is 11.3 Å². The molecule has 1 heterocycles. The fraction of sp³-hybridized carbons (Fsp3) is 0.455. The summed E-state index contributed by atoms with van der Waals surface area (Å²) in [5.41, 5.74) is 0. The van der Waals surface area contributed by atoms with Crippen LogP contribution in [0.3, 0.4) is 0 Å². The van der Waals surface area contributed by atoms with Crippen LogP contribution in [0.15, 0.2) is 12.1 Å². The molecule has 0 N–H and O–H groups in total. The first kappa shape index (κ1) is 12.3. The van der Waals surface area contributed by atoms with Gasteiger partial charge >= 0.3 is 7.12 Å². The maximum absolute atomic E-state index is 5.16. The quantitative estimate of drug-likeness (QED) is 0.572. The van der Waals surface area contributed by atoms with Crippen molar-refractivity contribution in [2.45, 2.75) is 19.8 Å². The Kier molecular flexibility index (Phi) is 5.48. The Balaban J connectivity index is 2.68. The molecule has 0 radical (unpaired) electrons. The summed E-state index contributed by atoms with van der Waals surface area (Å²) in [7, 11) is 3.00. The van der Waals surface area contributed by atoms with E-state index in [-0.39, 0.29) is 7.12 Å². The first-order chi connectivity index (χ1) is 7.31. The molecule has 2 nitrogen and oxygen atoms in total. The topological polar surface area (TPSA) is 18.5 Å². The minimum atomic E-state index is -0.267. The second kappa shape index (κ2) is 6.68. The van der Waals surface area contributed by atoms with E-state index in [0.717, 1.165) is 22.5 Å². The van der Waals surface area contributed by atoms with Gasteiger partial charge in [-0.25, -0.2) is 0 Å². The predicted octanol–water partition coefficient (Wildman–Crippen LogP) is 1.89. The van der Waals surface area contributed by atoms with Gasteiger partial charge in [0, 0.05) is 25.4 Å². The van der Waals surface area contributed by atoms with Gasteiger partial charge in [0.15, 0.2) is 0 Å². The van der Waals surface area contributed by atoms with Crippen LogP contribution in [0.1, 0.15) is 24.6 Å². The van der Waals surface area contributed by atoms with E-state index in [0.29, 0.717) is 0 Å². The molecular weight excluding hydrogens is 207 g/mol. The van der Waals surface area contributed by atoms with Gasteiger partial charge in [0.2, 0.25) is 0 Å². The lowest BCUT2D eigenvalue weighted by Gasteiger charge is -2.03. The Morgan fingerprint density at radius 1 is 1.33 bits per heavy atom. The summed E-state index contributed by atoms with van der Waals surface area (Å²) in [6.45, 7) is 2.13. The molecule has 0 spiro atoms. The lowest BCUT2D eigenvalue weighted by molar-refractivity contribution is 0.292. The third-order valence-corrected chi connectivity index (χ3v) is 2.90. The molecule has 1 aromatic rings. The van der Waals surface area contributed by atoms with Gasteiger partial charge < -0.3 is 9.31 Å². The Labute approximate surface area is 95.7 Å². The molecule has 1 rings (SSSR count). The van der Waals surface area contributed by atoms with E-state index in [1.54, 1.807) is 25.6 Å². The van der Waals surface area contributed by atoms with E-state index in [4.69, 9.17) is 9.31 Å². The molecule has 0 saturated heterocycles. The third-order valence-electron chi connectivity index (χ3n) is 1.87. The number of hydrogen-bond donors (Lipinski definition) is 0. The van der Waals surface area contributed by atoms with E-state index >= 15 is 0 Å². The standard InChI is InChI=1S/C11H15BO2S/c1-4-5-6-7-10-8-9-11(15-10)12(13-2)14-3/h8-9H,4-5H2,1-3H3. The van der Waals surface area contributed by atoms with Crippen LogP contribution in [0, 0.1) is 11.8 Å². The third kappa shape index (κ3) is 3.71. The lowest BCUT2D eigenvalue weighted by atomic mass is 9.88. The lowest BCUT2D eigenvalue weighted by Crippen LogP contribution is -2.32. The van der Waals surface area contributed by atoms with Crippen LogP contribution in [0.4, 0.5) is 0 Å². The van der Waals surface area contributed by atoms with E-state index in [2.05, 4.69) is 18.8 Å². The Hall–Kier alpha value is -0.755. The fourth-order valence-corrected chi connectivity index (χ4v) is 2.09. The Bertz CT molecular complexity index is 347. The minimum absolute atomic E-state index is 0.267. The molecule has 0 aliphatic heterocycles. The van der Waals surface area contributed by atoms with Crippen molar-refractivity contribution in [1.82, 2.24) is 0 Å². The molecule has 0 aliphatic rings. The van der Waals surface area contributed by atoms with Gasteiger partial charge in [-0.2, -0.15) is 0 Å². The molecular formula is C11H15BO2S. The van der Waals surface area contributed by atoms with Gasteiger partial charge in [0.25, 0.3) is 0 Å². The zero-order valence-electron chi connectivity index (χ0n) is 9.37. The maximum atomic E-state index is 5.16. The van der Waals surface area contributed by atoms with Gasteiger partial charge in [-0.15, -0.1) is 11.3 Å². The monoisotopic (exact) mass is 222 g/mol. The summed E-state index contributed by atoms with van der Waals surface area (Å²) in [4.78, 5) is 1.07. The smallest absolute Gasteiger partial charge is 0.410 e.